The Kier molecular flexibility index (Phi) is 4.44. The average molecular weight is 413 g/mol. The van der Waals surface area contributed by atoms with Crippen molar-refractivity contribution in [1.82, 2.24) is 0 Å². The van der Waals surface area contributed by atoms with Gasteiger partial charge in [-0.05, 0) is 0 Å². The van der Waals surface area contributed by atoms with E-state index in [0.717, 1.165) is 0 Å². The Morgan fingerprint density at radius 3 is 0.471 bits per heavy atom. The quantitative estimate of drug-likeness (QED) is 0.378. The Morgan fingerprint density at radius 2 is 0.471 bits per heavy atom. The third kappa shape index (κ3) is 2.63. The average Bonchev–Trinajstić information content (AvgIpc) is 1.67. The molecule has 0 spiro atoms. The van der Waals surface area contributed by atoms with Crippen molar-refractivity contribution in [2.45, 2.75) is 0 Å². The topological polar surface area (TPSA) is 0 Å². The number of rotatable bonds is 4. The molecule has 0 aromatic rings. The Balaban J connectivity index is 6.37. The molecule has 0 radical (unpaired) electrons. The van der Waals surface area contributed by atoms with Crippen LogP contribution in [0.25, 0.3) is 0 Å². The fourth-order valence-corrected chi connectivity index (χ4v) is 45.1. The zero-order chi connectivity index (χ0) is 14.5. The molecule has 0 aromatic carbocycles. The molecule has 17 heteroatoms. The van der Waals surface area contributed by atoms with Crippen LogP contribution in [-0.4, -0.2) is 41.1 Å². The van der Waals surface area contributed by atoms with E-state index in [4.69, 9.17) is 0 Å². The van der Waals surface area contributed by atoms with Gasteiger partial charge in [0.25, 0.3) is 0 Å². The van der Waals surface area contributed by atoms with Gasteiger partial charge in [0, 0.05) is 0 Å². The van der Waals surface area contributed by atoms with Gasteiger partial charge in [-0.25, -0.2) is 0 Å². The molecule has 0 saturated heterocycles. The molecule has 0 aliphatic carbocycles. The fraction of sp³-hybridized carbons (Fsp3) is 0. The van der Waals surface area contributed by atoms with Crippen LogP contribution < -0.4 is 0 Å². The summed E-state index contributed by atoms with van der Waals surface area (Å²) in [5, 5.41) is 0. The zero-order valence-corrected chi connectivity index (χ0v) is 13.1. The van der Waals surface area contributed by atoms with Gasteiger partial charge in [-0.3, -0.25) is 0 Å². The SMILES string of the molecule is F[Si](F)(F)[Ge]([Si](F)(F)F)([Si](F)(F)F)[Si](F)(F)F. The molecule has 0 aromatic heterocycles. The molecule has 104 valence electrons. The predicted octanol–water partition coefficient (Wildman–Crippen LogP) is 3.14. The van der Waals surface area contributed by atoms with Crippen LogP contribution in [0.1, 0.15) is 0 Å². The molecule has 0 fully saturated rings. The third-order valence-electron chi connectivity index (χ3n) is 1.70. The maximum atomic E-state index is 12.0. The summed E-state index contributed by atoms with van der Waals surface area (Å²) in [5.74, 6) is 0. The second kappa shape index (κ2) is 4.30. The van der Waals surface area contributed by atoms with Crippen molar-refractivity contribution in [3.8, 4) is 0 Å². The van der Waals surface area contributed by atoms with E-state index in [9.17, 15) is 49.3 Å². The third-order valence-corrected chi connectivity index (χ3v) is 79.5. The molecular weight excluding hydrogens is 413 g/mol. The Labute approximate surface area is 90.7 Å². The van der Waals surface area contributed by atoms with Crippen LogP contribution in [0.2, 0.25) is 0 Å². The monoisotopic (exact) mass is 414 g/mol. The summed E-state index contributed by atoms with van der Waals surface area (Å²) < 4.78 is 144. The van der Waals surface area contributed by atoms with Gasteiger partial charge in [0.1, 0.15) is 0 Å². The second-order valence-electron chi connectivity index (χ2n) is 2.74. The van der Waals surface area contributed by atoms with Gasteiger partial charge in [0.05, 0.1) is 0 Å². The molecular formula is F12GeSi4. The second-order valence-corrected chi connectivity index (χ2v) is 55.3. The van der Waals surface area contributed by atoms with Crippen molar-refractivity contribution >= 4 is 41.1 Å². The first-order valence-corrected chi connectivity index (χ1v) is 22.4. The molecule has 0 unspecified atom stereocenters. The maximum absolute atomic E-state index is 12.0. The van der Waals surface area contributed by atoms with Crippen molar-refractivity contribution in [2.24, 2.45) is 0 Å². The van der Waals surface area contributed by atoms with Gasteiger partial charge in [0.15, 0.2) is 0 Å². The van der Waals surface area contributed by atoms with E-state index >= 15 is 0 Å². The number of hydrogen-bond donors (Lipinski definition) is 0. The molecule has 0 saturated carbocycles. The van der Waals surface area contributed by atoms with Crippen LogP contribution >= 0.6 is 0 Å². The van der Waals surface area contributed by atoms with E-state index in [1.165, 1.54) is 0 Å². The van der Waals surface area contributed by atoms with Crippen molar-refractivity contribution < 1.29 is 49.3 Å². The number of hydrogen-bond acceptors (Lipinski definition) is 0. The van der Waals surface area contributed by atoms with E-state index in [2.05, 4.69) is 0 Å². The molecule has 17 heavy (non-hydrogen) atoms. The van der Waals surface area contributed by atoms with E-state index < -0.39 is 41.1 Å². The predicted molar refractivity (Wildman–Crippen MR) is 42.1 cm³/mol. The van der Waals surface area contributed by atoms with E-state index in [1.807, 2.05) is 0 Å². The Bertz CT molecular complexity index is 211. The van der Waals surface area contributed by atoms with Crippen LogP contribution in [0, 0.1) is 0 Å². The van der Waals surface area contributed by atoms with Gasteiger partial charge >= 0.3 is 90.3 Å². The summed E-state index contributed by atoms with van der Waals surface area (Å²) in [6, 6.07) is 0. The van der Waals surface area contributed by atoms with Crippen molar-refractivity contribution in [1.29, 1.82) is 0 Å². The molecule has 0 heterocycles. The molecule has 0 rings (SSSR count). The van der Waals surface area contributed by atoms with E-state index in [-0.39, 0.29) is 0 Å². The first-order chi connectivity index (χ1) is 7.00. The Hall–Kier alpha value is 0.570. The summed E-state index contributed by atoms with van der Waals surface area (Å²) in [4.78, 5) is 0. The summed E-state index contributed by atoms with van der Waals surface area (Å²) >= 11 is 0. The summed E-state index contributed by atoms with van der Waals surface area (Å²) in [5.41, 5.74) is 0. The van der Waals surface area contributed by atoms with Gasteiger partial charge < -0.3 is 0 Å². The molecule has 0 aliphatic heterocycles. The first kappa shape index (κ1) is 17.6. The van der Waals surface area contributed by atoms with Crippen LogP contribution in [0.3, 0.4) is 0 Å². The normalized spacial score (nSPS) is 16.2. The van der Waals surface area contributed by atoms with Gasteiger partial charge in [-0.1, -0.05) is 0 Å². The molecule has 0 amide bonds. The minimum absolute atomic E-state index is 8.85. The van der Waals surface area contributed by atoms with Crippen LogP contribution in [0.4, 0.5) is 49.3 Å². The molecule has 0 bridgehead atoms. The summed E-state index contributed by atoms with van der Waals surface area (Å²) in [6.45, 7) is 0. The molecule has 0 nitrogen and oxygen atoms in total. The van der Waals surface area contributed by atoms with Crippen molar-refractivity contribution in [3.05, 3.63) is 0 Å². The summed E-state index contributed by atoms with van der Waals surface area (Å²) in [7, 11) is -45.1. The fourth-order valence-electron chi connectivity index (χ4n) is 0.964. The van der Waals surface area contributed by atoms with E-state index in [0.29, 0.717) is 0 Å². The molecule has 0 aliphatic rings. The first-order valence-electron chi connectivity index (χ1n) is 3.27. The van der Waals surface area contributed by atoms with Crippen LogP contribution in [-0.2, 0) is 0 Å². The Morgan fingerprint density at radius 1 is 0.353 bits per heavy atom. The van der Waals surface area contributed by atoms with Gasteiger partial charge in [0.2, 0.25) is 0 Å². The van der Waals surface area contributed by atoms with Gasteiger partial charge in [-0.15, -0.1) is 0 Å². The van der Waals surface area contributed by atoms with Gasteiger partial charge in [-0.2, -0.15) is 0 Å². The molecule has 0 N–H and O–H groups in total. The zero-order valence-electron chi connectivity index (χ0n) is 7.04. The summed E-state index contributed by atoms with van der Waals surface area (Å²) in [6.07, 6.45) is 0. The van der Waals surface area contributed by atoms with Crippen molar-refractivity contribution in [3.63, 3.8) is 0 Å². The molecule has 0 atom stereocenters. The van der Waals surface area contributed by atoms with Crippen molar-refractivity contribution in [2.75, 3.05) is 0 Å². The van der Waals surface area contributed by atoms with E-state index in [1.54, 1.807) is 0 Å². The van der Waals surface area contributed by atoms with Crippen LogP contribution in [0.15, 0.2) is 0 Å². The minimum atomic E-state index is -9.69. The standard InChI is InChI=1S/F12GeSi4/c1-14(2,3)13(15(4,5)6,16(7,8)9)17(10,11)12. The number of halogens is 12. The van der Waals surface area contributed by atoms with Crippen LogP contribution in [0.5, 0.6) is 0 Å².